The summed E-state index contributed by atoms with van der Waals surface area (Å²) in [5.74, 6) is 2.04. The predicted octanol–water partition coefficient (Wildman–Crippen LogP) is 6.86. The van der Waals surface area contributed by atoms with Gasteiger partial charge >= 0.3 is 0 Å². The first kappa shape index (κ1) is 27.4. The topological polar surface area (TPSA) is 86.4 Å². The van der Waals surface area contributed by atoms with E-state index in [9.17, 15) is 15.2 Å². The van der Waals surface area contributed by atoms with Crippen LogP contribution in [0.4, 0.5) is 5.69 Å². The number of nitriles is 1. The summed E-state index contributed by atoms with van der Waals surface area (Å²) < 4.78 is 5.44. The molecule has 0 aliphatic heterocycles. The van der Waals surface area contributed by atoms with Crippen molar-refractivity contribution >= 4 is 22.9 Å². The van der Waals surface area contributed by atoms with E-state index in [0.29, 0.717) is 36.2 Å². The summed E-state index contributed by atoms with van der Waals surface area (Å²) in [5, 5.41) is 19.7. The van der Waals surface area contributed by atoms with E-state index in [1.807, 2.05) is 23.1 Å². The molecule has 3 aromatic rings. The smallest absolute Gasteiger partial charge is 0.230 e. The van der Waals surface area contributed by atoms with Crippen LogP contribution in [0.1, 0.15) is 73.4 Å². The number of aliphatic hydroxyl groups excluding tert-OH is 1. The Labute approximate surface area is 235 Å². The number of hydrogen-bond donors (Lipinski definition) is 1. The molecular weight excluding hydrogens is 506 g/mol. The number of aromatic nitrogens is 1. The number of hydrogen-bond acceptors (Lipinski definition) is 6. The second-order valence-corrected chi connectivity index (χ2v) is 12.1. The molecule has 1 heterocycles. The van der Waals surface area contributed by atoms with E-state index >= 15 is 0 Å². The lowest BCUT2D eigenvalue weighted by molar-refractivity contribution is -0.124. The van der Waals surface area contributed by atoms with E-state index in [4.69, 9.17) is 4.74 Å². The fourth-order valence-corrected chi connectivity index (χ4v) is 6.95. The van der Waals surface area contributed by atoms with Gasteiger partial charge in [-0.25, -0.2) is 4.98 Å². The number of carbonyl (C=O) groups is 1. The maximum atomic E-state index is 13.9. The van der Waals surface area contributed by atoms with E-state index < -0.39 is 0 Å². The summed E-state index contributed by atoms with van der Waals surface area (Å²) >= 11 is 1.37. The Kier molecular flexibility index (Phi) is 8.64. The van der Waals surface area contributed by atoms with Crippen molar-refractivity contribution in [2.75, 3.05) is 18.6 Å². The molecule has 0 spiro atoms. The van der Waals surface area contributed by atoms with Crippen LogP contribution >= 0.6 is 11.3 Å². The van der Waals surface area contributed by atoms with Crippen molar-refractivity contribution in [1.29, 1.82) is 5.26 Å². The molecule has 1 amide bonds. The third-order valence-corrected chi connectivity index (χ3v) is 9.48. The summed E-state index contributed by atoms with van der Waals surface area (Å²) in [6.07, 6.45) is 8.70. The number of anilines is 1. The van der Waals surface area contributed by atoms with E-state index in [2.05, 4.69) is 42.2 Å². The molecule has 5 rings (SSSR count). The summed E-state index contributed by atoms with van der Waals surface area (Å²) in [4.78, 5) is 21.1. The standard InChI is InChI=1S/C32H37N3O3S/c1-21-16-25(12-15-29(21)38-2)23-8-6-22(7-9-23)20-35(32(37)24-10-13-28(36)14-11-24)27-5-3-4-26(17-27)30-19-34-31(18-33)39-30/h3-5,12,15-17,19,22-24,28,36H,6-11,13-14,20H2,1-2H3. The van der Waals surface area contributed by atoms with Crippen molar-refractivity contribution < 1.29 is 14.6 Å². The zero-order valence-corrected chi connectivity index (χ0v) is 23.6. The van der Waals surface area contributed by atoms with E-state index in [1.165, 1.54) is 22.5 Å². The third-order valence-electron chi connectivity index (χ3n) is 8.53. The highest BCUT2D eigenvalue weighted by Crippen LogP contribution is 2.39. The molecule has 0 unspecified atom stereocenters. The molecule has 2 aliphatic rings. The summed E-state index contributed by atoms with van der Waals surface area (Å²) in [7, 11) is 1.71. The fourth-order valence-electron chi connectivity index (χ4n) is 6.24. The molecule has 2 aliphatic carbocycles. The van der Waals surface area contributed by atoms with Crippen LogP contribution in [0.15, 0.2) is 48.7 Å². The maximum Gasteiger partial charge on any atom is 0.230 e. The van der Waals surface area contributed by atoms with E-state index in [1.54, 1.807) is 13.3 Å². The third kappa shape index (κ3) is 6.34. The average Bonchev–Trinajstić information content (AvgIpc) is 3.46. The Balaban J connectivity index is 1.33. The molecule has 39 heavy (non-hydrogen) atoms. The Bertz CT molecular complexity index is 1330. The van der Waals surface area contributed by atoms with Gasteiger partial charge in [0.1, 0.15) is 11.8 Å². The molecule has 0 radical (unpaired) electrons. The van der Waals surface area contributed by atoms with Crippen molar-refractivity contribution in [1.82, 2.24) is 4.98 Å². The molecule has 0 saturated heterocycles. The molecular formula is C32H37N3O3S. The monoisotopic (exact) mass is 543 g/mol. The van der Waals surface area contributed by atoms with Crippen LogP contribution in [-0.2, 0) is 4.79 Å². The number of ether oxygens (including phenoxy) is 1. The maximum absolute atomic E-state index is 13.9. The predicted molar refractivity (Wildman–Crippen MR) is 155 cm³/mol. The van der Waals surface area contributed by atoms with Crippen LogP contribution in [0.3, 0.4) is 0 Å². The number of rotatable bonds is 7. The van der Waals surface area contributed by atoms with Gasteiger partial charge in [0, 0.05) is 24.3 Å². The molecule has 0 bridgehead atoms. The van der Waals surface area contributed by atoms with Gasteiger partial charge in [-0.2, -0.15) is 5.26 Å². The van der Waals surface area contributed by atoms with Crippen molar-refractivity contribution in [3.63, 3.8) is 0 Å². The molecule has 1 N–H and O–H groups in total. The molecule has 2 fully saturated rings. The van der Waals surface area contributed by atoms with Gasteiger partial charge in [0.2, 0.25) is 5.91 Å². The first-order valence-electron chi connectivity index (χ1n) is 14.1. The normalized spacial score (nSPS) is 23.1. The van der Waals surface area contributed by atoms with Crippen LogP contribution in [0.25, 0.3) is 10.4 Å². The average molecular weight is 544 g/mol. The van der Waals surface area contributed by atoms with Gasteiger partial charge in [-0.05, 0) is 105 Å². The molecule has 1 aromatic heterocycles. The highest BCUT2D eigenvalue weighted by molar-refractivity contribution is 7.15. The molecule has 6 nitrogen and oxygen atoms in total. The van der Waals surface area contributed by atoms with Gasteiger partial charge in [-0.15, -0.1) is 11.3 Å². The molecule has 7 heteroatoms. The van der Waals surface area contributed by atoms with Gasteiger partial charge in [0.15, 0.2) is 5.01 Å². The van der Waals surface area contributed by atoms with E-state index in [0.717, 1.165) is 60.4 Å². The van der Waals surface area contributed by atoms with Gasteiger partial charge in [-0.1, -0.05) is 24.3 Å². The zero-order valence-electron chi connectivity index (χ0n) is 22.8. The highest BCUT2D eigenvalue weighted by atomic mass is 32.1. The number of nitrogens with zero attached hydrogens (tertiary/aromatic N) is 3. The number of thiazole rings is 1. The van der Waals surface area contributed by atoms with Gasteiger partial charge < -0.3 is 14.7 Å². The number of carbonyl (C=O) groups excluding carboxylic acids is 1. The zero-order chi connectivity index (χ0) is 27.4. The molecule has 2 saturated carbocycles. The minimum atomic E-state index is -0.289. The van der Waals surface area contributed by atoms with Crippen LogP contribution in [0.2, 0.25) is 0 Å². The SMILES string of the molecule is COc1ccc(C2CCC(CN(C(=O)C3CCC(O)CC3)c3cccc(-c4cnc(C#N)s4)c3)CC2)cc1C. The largest absolute Gasteiger partial charge is 0.496 e. The van der Waals surface area contributed by atoms with Gasteiger partial charge in [-0.3, -0.25) is 4.79 Å². The Morgan fingerprint density at radius 2 is 1.87 bits per heavy atom. The van der Waals surface area contributed by atoms with Crippen molar-refractivity contribution in [2.24, 2.45) is 11.8 Å². The molecule has 204 valence electrons. The number of benzene rings is 2. The summed E-state index contributed by atoms with van der Waals surface area (Å²) in [6, 6.07) is 16.8. The van der Waals surface area contributed by atoms with Crippen LogP contribution in [0, 0.1) is 30.1 Å². The highest BCUT2D eigenvalue weighted by Gasteiger charge is 2.32. The van der Waals surface area contributed by atoms with Crippen molar-refractivity contribution in [3.05, 3.63) is 64.8 Å². The number of methoxy groups -OCH3 is 1. The first-order valence-corrected chi connectivity index (χ1v) is 14.9. The van der Waals surface area contributed by atoms with Crippen LogP contribution < -0.4 is 9.64 Å². The second-order valence-electron chi connectivity index (χ2n) is 11.1. The number of aryl methyl sites for hydroxylation is 1. The van der Waals surface area contributed by atoms with Crippen molar-refractivity contribution in [2.45, 2.75) is 70.3 Å². The quantitative estimate of drug-likeness (QED) is 0.352. The fraction of sp³-hybridized carbons (Fsp3) is 0.469. The van der Waals surface area contributed by atoms with Crippen LogP contribution in [0.5, 0.6) is 5.75 Å². The number of aliphatic hydroxyl groups is 1. The number of amides is 1. The minimum absolute atomic E-state index is 0.0516. The lowest BCUT2D eigenvalue weighted by Gasteiger charge is -2.36. The van der Waals surface area contributed by atoms with Crippen LogP contribution in [-0.4, -0.2) is 35.8 Å². The Hall–Kier alpha value is -3.21. The molecule has 2 aromatic carbocycles. The lowest BCUT2D eigenvalue weighted by atomic mass is 9.78. The van der Waals surface area contributed by atoms with Gasteiger partial charge in [0.05, 0.1) is 18.1 Å². The lowest BCUT2D eigenvalue weighted by Crippen LogP contribution is -2.41. The first-order chi connectivity index (χ1) is 18.9. The summed E-state index contributed by atoms with van der Waals surface area (Å²) in [5.41, 5.74) is 4.44. The van der Waals surface area contributed by atoms with Gasteiger partial charge in [0.25, 0.3) is 0 Å². The van der Waals surface area contributed by atoms with Crippen molar-refractivity contribution in [3.8, 4) is 22.3 Å². The Morgan fingerprint density at radius 1 is 1.10 bits per heavy atom. The molecule has 0 atom stereocenters. The Morgan fingerprint density at radius 3 is 2.54 bits per heavy atom. The van der Waals surface area contributed by atoms with E-state index in [-0.39, 0.29) is 17.9 Å². The minimum Gasteiger partial charge on any atom is -0.496 e. The summed E-state index contributed by atoms with van der Waals surface area (Å²) in [6.45, 7) is 2.81. The second kappa shape index (κ2) is 12.3.